The highest BCUT2D eigenvalue weighted by molar-refractivity contribution is 6.46. The number of hydrogen-bond acceptors (Lipinski definition) is 10. The third kappa shape index (κ3) is 8.32. The Morgan fingerprint density at radius 2 is 1.83 bits per heavy atom. The molecule has 4 aliphatic rings. The molecular weight excluding hydrogens is 622 g/mol. The van der Waals surface area contributed by atoms with Gasteiger partial charge in [-0.2, -0.15) is 0 Å². The Hall–Kier alpha value is -4.04. The van der Waals surface area contributed by atoms with Gasteiger partial charge in [-0.3, -0.25) is 19.2 Å². The van der Waals surface area contributed by atoms with Crippen molar-refractivity contribution >= 4 is 35.3 Å². The lowest BCUT2D eigenvalue weighted by Gasteiger charge is -2.35. The van der Waals surface area contributed by atoms with Gasteiger partial charge < -0.3 is 40.3 Å². The van der Waals surface area contributed by atoms with Crippen LogP contribution in [0.25, 0.3) is 0 Å². The van der Waals surface area contributed by atoms with E-state index in [1.54, 1.807) is 51.1 Å². The fourth-order valence-corrected chi connectivity index (χ4v) is 6.33. The number of nitrogens with one attached hydrogen (secondary N) is 3. The molecule has 1 spiro atoms. The quantitative estimate of drug-likeness (QED) is 0.241. The first kappa shape index (κ1) is 35.3. The van der Waals surface area contributed by atoms with Crippen LogP contribution in [-0.4, -0.2) is 107 Å². The molecule has 5 rings (SSSR count). The minimum absolute atomic E-state index is 0.0103. The molecule has 3 aliphatic heterocycles. The van der Waals surface area contributed by atoms with E-state index in [0.717, 1.165) is 12.8 Å². The predicted octanol–water partition coefficient (Wildman–Crippen LogP) is 1.84. The summed E-state index contributed by atoms with van der Waals surface area (Å²) >= 11 is 0. The third-order valence-electron chi connectivity index (χ3n) is 9.16. The summed E-state index contributed by atoms with van der Waals surface area (Å²) in [5.74, 6) is -2.03. The average Bonchev–Trinajstić information content (AvgIpc) is 3.40. The number of ketones is 1. The maximum atomic E-state index is 14.4. The van der Waals surface area contributed by atoms with E-state index < -0.39 is 65.2 Å². The number of benzene rings is 1. The summed E-state index contributed by atoms with van der Waals surface area (Å²) in [6.07, 6.45) is 0.447. The van der Waals surface area contributed by atoms with Crippen LogP contribution in [0.2, 0.25) is 0 Å². The van der Waals surface area contributed by atoms with Gasteiger partial charge in [0.1, 0.15) is 23.9 Å². The molecule has 3 heterocycles. The number of Topliss-reactive ketones (excluding diaryl/α,β-unsaturated/α-hetero) is 1. The molecule has 1 aromatic rings. The van der Waals surface area contributed by atoms with Crippen LogP contribution in [-0.2, 0) is 28.7 Å². The highest BCUT2D eigenvalue weighted by Crippen LogP contribution is 2.39. The Balaban J connectivity index is 1.38. The molecule has 4 N–H and O–H groups in total. The molecule has 1 aliphatic carbocycles. The van der Waals surface area contributed by atoms with Gasteiger partial charge in [0.2, 0.25) is 17.6 Å². The Morgan fingerprint density at radius 1 is 1.10 bits per heavy atom. The molecule has 262 valence electrons. The normalized spacial score (nSPS) is 25.4. The van der Waals surface area contributed by atoms with Gasteiger partial charge in [-0.25, -0.2) is 4.79 Å². The van der Waals surface area contributed by atoms with Crippen molar-refractivity contribution in [3.05, 3.63) is 35.9 Å². The number of likely N-dealkylation sites (tertiary alicyclic amines) is 1. The molecule has 0 aromatic heterocycles. The highest BCUT2D eigenvalue weighted by atomic mass is 16.7. The van der Waals surface area contributed by atoms with Crippen molar-refractivity contribution in [3.8, 4) is 0 Å². The van der Waals surface area contributed by atoms with Gasteiger partial charge in [0.05, 0.1) is 25.8 Å². The molecule has 14 heteroatoms. The van der Waals surface area contributed by atoms with Crippen LogP contribution in [0.4, 0.5) is 4.79 Å². The number of carbonyl (C=O) groups is 5. The Morgan fingerprint density at radius 3 is 2.46 bits per heavy atom. The number of alkyl carbamates (subject to hydrolysis) is 1. The number of aliphatic hydroxyl groups is 1. The average molecular weight is 670 g/mol. The largest absolute Gasteiger partial charge is 0.444 e. The molecule has 1 saturated carbocycles. The van der Waals surface area contributed by atoms with Gasteiger partial charge in [0.15, 0.2) is 11.7 Å². The van der Waals surface area contributed by atoms with Gasteiger partial charge in [-0.1, -0.05) is 69.6 Å². The third-order valence-corrected chi connectivity index (χ3v) is 9.16. The monoisotopic (exact) mass is 669 g/mol. The van der Waals surface area contributed by atoms with Crippen LogP contribution in [0.1, 0.15) is 83.0 Å². The topological polar surface area (TPSA) is 185 Å². The standard InChI is InChI=1S/C34H47N5O9/c1-5-9-23(27(41)30(43)35-21-12-13-21)36-29(42)25-17-34(16-24(38-48-34)26(40)20-10-7-6-8-11-20)19-39(25)31(44)28(33(2,3)4)37-32(45)47-22-14-15-46-18-22/h6-8,10-11,21-23,25,27-28,41H,5,9,12-19H2,1-4H3,(H,35,43)(H,36,42)(H,37,45)/t22-,23-,25-,27?,28+,34?/m0/s1. The van der Waals surface area contributed by atoms with Crippen molar-refractivity contribution in [2.45, 2.75) is 115 Å². The molecule has 0 radical (unpaired) electrons. The van der Waals surface area contributed by atoms with Crippen molar-refractivity contribution in [1.82, 2.24) is 20.9 Å². The van der Waals surface area contributed by atoms with Gasteiger partial charge >= 0.3 is 6.09 Å². The number of hydrogen-bond donors (Lipinski definition) is 4. The first-order valence-electron chi connectivity index (χ1n) is 16.8. The van der Waals surface area contributed by atoms with Crippen LogP contribution >= 0.6 is 0 Å². The van der Waals surface area contributed by atoms with E-state index in [4.69, 9.17) is 14.3 Å². The summed E-state index contributed by atoms with van der Waals surface area (Å²) < 4.78 is 10.8. The number of ether oxygens (including phenoxy) is 2. The number of carbonyl (C=O) groups excluding carboxylic acids is 5. The number of aliphatic hydroxyl groups excluding tert-OH is 1. The van der Waals surface area contributed by atoms with E-state index in [0.29, 0.717) is 31.4 Å². The van der Waals surface area contributed by atoms with Crippen LogP contribution < -0.4 is 16.0 Å². The van der Waals surface area contributed by atoms with E-state index in [-0.39, 0.29) is 43.5 Å². The fraction of sp³-hybridized carbons (Fsp3) is 0.647. The molecule has 1 aromatic carbocycles. The van der Waals surface area contributed by atoms with E-state index in [1.165, 1.54) is 4.90 Å². The highest BCUT2D eigenvalue weighted by Gasteiger charge is 2.56. The zero-order valence-electron chi connectivity index (χ0n) is 28.0. The smallest absolute Gasteiger partial charge is 0.408 e. The van der Waals surface area contributed by atoms with Gasteiger partial charge in [0, 0.05) is 30.9 Å². The number of amides is 4. The lowest BCUT2D eigenvalue weighted by Crippen LogP contribution is -2.59. The van der Waals surface area contributed by atoms with Crippen LogP contribution in [0.3, 0.4) is 0 Å². The molecule has 2 saturated heterocycles. The molecule has 2 unspecified atom stereocenters. The summed E-state index contributed by atoms with van der Waals surface area (Å²) in [6, 6.07) is 5.51. The molecule has 4 amide bonds. The molecule has 14 nitrogen and oxygen atoms in total. The molecule has 3 fully saturated rings. The van der Waals surface area contributed by atoms with Crippen molar-refractivity contribution < 1.29 is 43.4 Å². The zero-order chi connectivity index (χ0) is 34.6. The summed E-state index contributed by atoms with van der Waals surface area (Å²) in [5, 5.41) is 23.3. The van der Waals surface area contributed by atoms with Crippen molar-refractivity contribution in [3.63, 3.8) is 0 Å². The van der Waals surface area contributed by atoms with Crippen LogP contribution in [0.15, 0.2) is 35.5 Å². The van der Waals surface area contributed by atoms with E-state index in [1.807, 2.05) is 6.92 Å². The van der Waals surface area contributed by atoms with Crippen molar-refractivity contribution in [2.24, 2.45) is 10.6 Å². The molecule has 0 bridgehead atoms. The molecular formula is C34H47N5O9. The maximum Gasteiger partial charge on any atom is 0.408 e. The summed E-state index contributed by atoms with van der Waals surface area (Å²) in [6.45, 7) is 7.87. The van der Waals surface area contributed by atoms with Crippen LogP contribution in [0, 0.1) is 5.41 Å². The van der Waals surface area contributed by atoms with E-state index in [2.05, 4.69) is 21.1 Å². The Bertz CT molecular complexity index is 1400. The lowest BCUT2D eigenvalue weighted by atomic mass is 9.85. The predicted molar refractivity (Wildman–Crippen MR) is 173 cm³/mol. The second-order valence-electron chi connectivity index (χ2n) is 14.3. The van der Waals surface area contributed by atoms with E-state index >= 15 is 0 Å². The second-order valence-corrected chi connectivity index (χ2v) is 14.3. The first-order valence-corrected chi connectivity index (χ1v) is 16.8. The van der Waals surface area contributed by atoms with Crippen molar-refractivity contribution in [2.75, 3.05) is 19.8 Å². The lowest BCUT2D eigenvalue weighted by molar-refractivity contribution is -0.143. The number of rotatable bonds is 12. The maximum absolute atomic E-state index is 14.4. The number of nitrogens with zero attached hydrogens (tertiary/aromatic N) is 2. The summed E-state index contributed by atoms with van der Waals surface area (Å²) in [5.41, 5.74) is -1.40. The molecule has 6 atom stereocenters. The van der Waals surface area contributed by atoms with Crippen molar-refractivity contribution in [1.29, 1.82) is 0 Å². The van der Waals surface area contributed by atoms with Gasteiger partial charge in [-0.05, 0) is 24.7 Å². The van der Waals surface area contributed by atoms with Gasteiger partial charge in [0.25, 0.3) is 5.91 Å². The summed E-state index contributed by atoms with van der Waals surface area (Å²) in [4.78, 5) is 74.7. The minimum atomic E-state index is -1.49. The number of oxime groups is 1. The molecule has 48 heavy (non-hydrogen) atoms. The van der Waals surface area contributed by atoms with E-state index in [9.17, 15) is 29.1 Å². The SMILES string of the molecule is CCC[C@H](NC(=O)[C@@H]1CC2(CC(C(=O)c3ccccc3)=NO2)CN1C(=O)[C@@H](NC(=O)O[C@H]1CCOC1)C(C)(C)C)C(O)C(=O)NC1CC1. The Kier molecular flexibility index (Phi) is 10.7. The minimum Gasteiger partial charge on any atom is -0.444 e. The van der Waals surface area contributed by atoms with Gasteiger partial charge in [-0.15, -0.1) is 0 Å². The Labute approximate surface area is 280 Å². The second kappa shape index (κ2) is 14.6. The first-order chi connectivity index (χ1) is 22.8. The summed E-state index contributed by atoms with van der Waals surface area (Å²) in [7, 11) is 0. The zero-order valence-corrected chi connectivity index (χ0v) is 28.0. The van der Waals surface area contributed by atoms with Crippen LogP contribution in [0.5, 0.6) is 0 Å². The fourth-order valence-electron chi connectivity index (χ4n) is 6.33.